The molecule has 22 heavy (non-hydrogen) atoms. The number of hydrogen-bond acceptors (Lipinski definition) is 4. The summed E-state index contributed by atoms with van der Waals surface area (Å²) < 4.78 is 5.74. The first-order chi connectivity index (χ1) is 10.6. The second-order valence-corrected chi connectivity index (χ2v) is 6.21. The van der Waals surface area contributed by atoms with Gasteiger partial charge in [-0.15, -0.1) is 0 Å². The minimum Gasteiger partial charge on any atom is -0.457 e. The Bertz CT molecular complexity index is 746. The van der Waals surface area contributed by atoms with Gasteiger partial charge >= 0.3 is 0 Å². The summed E-state index contributed by atoms with van der Waals surface area (Å²) in [5.41, 5.74) is 0.970. The van der Waals surface area contributed by atoms with Crippen molar-refractivity contribution < 1.29 is 14.0 Å². The van der Waals surface area contributed by atoms with Crippen molar-refractivity contribution in [1.29, 1.82) is 0 Å². The van der Waals surface area contributed by atoms with Crippen LogP contribution in [-0.4, -0.2) is 22.1 Å². The molecule has 0 saturated carbocycles. The molecule has 0 bridgehead atoms. The summed E-state index contributed by atoms with van der Waals surface area (Å²) in [6.45, 7) is 3.64. The summed E-state index contributed by atoms with van der Waals surface area (Å²) in [6.07, 6.45) is 1.62. The van der Waals surface area contributed by atoms with E-state index in [0.29, 0.717) is 10.7 Å². The maximum Gasteiger partial charge on any atom is 0.293 e. The van der Waals surface area contributed by atoms with E-state index in [9.17, 15) is 9.59 Å². The van der Waals surface area contributed by atoms with Crippen molar-refractivity contribution in [3.8, 4) is 11.3 Å². The van der Waals surface area contributed by atoms with Gasteiger partial charge in [-0.25, -0.2) is 0 Å². The summed E-state index contributed by atoms with van der Waals surface area (Å²) in [5, 5.41) is -0.235. The van der Waals surface area contributed by atoms with Gasteiger partial charge in [-0.3, -0.25) is 14.5 Å². The van der Waals surface area contributed by atoms with Crippen molar-refractivity contribution in [1.82, 2.24) is 4.90 Å². The Morgan fingerprint density at radius 3 is 2.45 bits per heavy atom. The number of hydrogen-bond donors (Lipinski definition) is 0. The molecule has 1 aliphatic rings. The zero-order valence-electron chi connectivity index (χ0n) is 12.3. The molecule has 1 aromatic heterocycles. The van der Waals surface area contributed by atoms with Gasteiger partial charge in [0.1, 0.15) is 11.5 Å². The van der Waals surface area contributed by atoms with Gasteiger partial charge in [0.05, 0.1) is 4.91 Å². The van der Waals surface area contributed by atoms with Crippen LogP contribution in [0.25, 0.3) is 17.4 Å². The normalized spacial score (nSPS) is 17.0. The van der Waals surface area contributed by atoms with E-state index in [-0.39, 0.29) is 17.2 Å². The van der Waals surface area contributed by atoms with Crippen LogP contribution in [-0.2, 0) is 4.79 Å². The number of benzene rings is 1. The molecule has 3 rings (SSSR count). The number of carbonyl (C=O) groups is 2. The molecule has 0 unspecified atom stereocenters. The molecular weight excluding hydrogens is 298 g/mol. The number of imide groups is 1. The summed E-state index contributed by atoms with van der Waals surface area (Å²) >= 11 is 0.949. The van der Waals surface area contributed by atoms with Crippen LogP contribution in [0.1, 0.15) is 19.6 Å². The molecule has 0 spiro atoms. The highest BCUT2D eigenvalue weighted by Crippen LogP contribution is 2.34. The van der Waals surface area contributed by atoms with E-state index < -0.39 is 0 Å². The highest BCUT2D eigenvalue weighted by molar-refractivity contribution is 8.18. The van der Waals surface area contributed by atoms with Gasteiger partial charge in [-0.05, 0) is 37.7 Å². The molecule has 2 aromatic rings. The third-order valence-electron chi connectivity index (χ3n) is 3.30. The van der Waals surface area contributed by atoms with Crippen molar-refractivity contribution in [3.05, 3.63) is 53.1 Å². The molecule has 1 fully saturated rings. The molecule has 0 N–H and O–H groups in total. The van der Waals surface area contributed by atoms with Crippen molar-refractivity contribution in [2.75, 3.05) is 0 Å². The lowest BCUT2D eigenvalue weighted by Gasteiger charge is -2.16. The quantitative estimate of drug-likeness (QED) is 0.789. The van der Waals surface area contributed by atoms with Crippen LogP contribution in [0.15, 0.2) is 51.8 Å². The molecule has 0 aliphatic carbocycles. The second kappa shape index (κ2) is 5.85. The van der Waals surface area contributed by atoms with E-state index in [1.807, 2.05) is 50.2 Å². The fourth-order valence-electron chi connectivity index (χ4n) is 2.24. The van der Waals surface area contributed by atoms with E-state index in [0.717, 1.165) is 23.1 Å². The molecule has 5 heteroatoms. The zero-order chi connectivity index (χ0) is 15.7. The van der Waals surface area contributed by atoms with Crippen molar-refractivity contribution in [3.63, 3.8) is 0 Å². The number of nitrogens with zero attached hydrogens (tertiary/aromatic N) is 1. The average Bonchev–Trinajstić information content (AvgIpc) is 3.06. The standard InChI is InChI=1S/C17H15NO3S/c1-11(2)18-16(19)15(22-17(18)20)10-13-8-9-14(21-13)12-6-4-3-5-7-12/h3-11H,1-2H3/b15-10+. The Morgan fingerprint density at radius 1 is 1.09 bits per heavy atom. The molecule has 4 nitrogen and oxygen atoms in total. The number of carbonyl (C=O) groups excluding carboxylic acids is 2. The smallest absolute Gasteiger partial charge is 0.293 e. The van der Waals surface area contributed by atoms with Crippen LogP contribution >= 0.6 is 11.8 Å². The summed E-state index contributed by atoms with van der Waals surface area (Å²) in [4.78, 5) is 25.7. The van der Waals surface area contributed by atoms with Crippen LogP contribution in [0.2, 0.25) is 0 Å². The second-order valence-electron chi connectivity index (χ2n) is 5.21. The zero-order valence-corrected chi connectivity index (χ0v) is 13.1. The maximum absolute atomic E-state index is 12.2. The Morgan fingerprint density at radius 2 is 1.82 bits per heavy atom. The lowest BCUT2D eigenvalue weighted by Crippen LogP contribution is -2.34. The number of rotatable bonds is 3. The minimum absolute atomic E-state index is 0.144. The van der Waals surface area contributed by atoms with E-state index in [2.05, 4.69) is 0 Å². The molecule has 112 valence electrons. The van der Waals surface area contributed by atoms with E-state index >= 15 is 0 Å². The lowest BCUT2D eigenvalue weighted by molar-refractivity contribution is -0.123. The van der Waals surface area contributed by atoms with Gasteiger partial charge in [0.2, 0.25) is 0 Å². The van der Waals surface area contributed by atoms with Crippen LogP contribution in [0.3, 0.4) is 0 Å². The first-order valence-electron chi connectivity index (χ1n) is 6.98. The van der Waals surface area contributed by atoms with Gasteiger partial charge in [-0.2, -0.15) is 0 Å². The van der Waals surface area contributed by atoms with Crippen molar-refractivity contribution in [2.45, 2.75) is 19.9 Å². The fraction of sp³-hybridized carbons (Fsp3) is 0.176. The number of thioether (sulfide) groups is 1. The Kier molecular flexibility index (Phi) is 3.90. The van der Waals surface area contributed by atoms with Gasteiger partial charge in [0.15, 0.2) is 0 Å². The van der Waals surface area contributed by atoms with E-state index in [4.69, 9.17) is 4.42 Å². The van der Waals surface area contributed by atoms with E-state index in [1.165, 1.54) is 4.90 Å². The highest BCUT2D eigenvalue weighted by atomic mass is 32.2. The Balaban J connectivity index is 1.86. The van der Waals surface area contributed by atoms with Crippen LogP contribution in [0, 0.1) is 0 Å². The summed E-state index contributed by atoms with van der Waals surface area (Å²) in [6, 6.07) is 13.2. The van der Waals surface area contributed by atoms with Crippen LogP contribution in [0.4, 0.5) is 4.79 Å². The fourth-order valence-corrected chi connectivity index (χ4v) is 3.18. The van der Waals surface area contributed by atoms with E-state index in [1.54, 1.807) is 12.1 Å². The first kappa shape index (κ1) is 14.7. The predicted molar refractivity (Wildman–Crippen MR) is 87.1 cm³/mol. The molecule has 1 aromatic carbocycles. The Hall–Kier alpha value is -2.27. The molecule has 1 saturated heterocycles. The van der Waals surface area contributed by atoms with Gasteiger partial charge in [0, 0.05) is 17.7 Å². The third-order valence-corrected chi connectivity index (χ3v) is 4.18. The van der Waals surface area contributed by atoms with Gasteiger partial charge in [-0.1, -0.05) is 30.3 Å². The van der Waals surface area contributed by atoms with Crippen molar-refractivity contribution >= 4 is 29.0 Å². The summed E-state index contributed by atoms with van der Waals surface area (Å²) in [7, 11) is 0. The number of amides is 2. The van der Waals surface area contributed by atoms with Crippen molar-refractivity contribution in [2.24, 2.45) is 0 Å². The monoisotopic (exact) mass is 313 g/mol. The average molecular weight is 313 g/mol. The molecule has 0 radical (unpaired) electrons. The minimum atomic E-state index is -0.261. The SMILES string of the molecule is CC(C)N1C(=O)S/C(=C/c2ccc(-c3ccccc3)o2)C1=O. The third kappa shape index (κ3) is 2.72. The lowest BCUT2D eigenvalue weighted by atomic mass is 10.2. The molecule has 1 aliphatic heterocycles. The topological polar surface area (TPSA) is 50.5 Å². The molecule has 2 heterocycles. The first-order valence-corrected chi connectivity index (χ1v) is 7.80. The molecule has 0 atom stereocenters. The highest BCUT2D eigenvalue weighted by Gasteiger charge is 2.36. The van der Waals surface area contributed by atoms with Crippen LogP contribution in [0.5, 0.6) is 0 Å². The van der Waals surface area contributed by atoms with Gasteiger partial charge in [0.25, 0.3) is 11.1 Å². The predicted octanol–water partition coefficient (Wildman–Crippen LogP) is 4.39. The summed E-state index contributed by atoms with van der Waals surface area (Å²) in [5.74, 6) is 1.03. The van der Waals surface area contributed by atoms with Gasteiger partial charge < -0.3 is 4.42 Å². The Labute approximate surface area is 132 Å². The maximum atomic E-state index is 12.2. The van der Waals surface area contributed by atoms with Crippen LogP contribution < -0.4 is 0 Å². The largest absolute Gasteiger partial charge is 0.457 e. The molecule has 2 amide bonds. The molecular formula is C17H15NO3S. The number of furan rings is 1.